The van der Waals surface area contributed by atoms with Gasteiger partial charge in [0.2, 0.25) is 0 Å². The number of nitrogens with zero attached hydrogens (tertiary/aromatic N) is 1. The predicted octanol–water partition coefficient (Wildman–Crippen LogP) is 6.60. The molecule has 132 valence electrons. The Hall–Kier alpha value is -2.30. The van der Waals surface area contributed by atoms with E-state index in [-0.39, 0.29) is 35.0 Å². The number of halogens is 7. The fourth-order valence-corrected chi connectivity index (χ4v) is 2.77. The van der Waals surface area contributed by atoms with Gasteiger partial charge >= 0.3 is 10.2 Å². The van der Waals surface area contributed by atoms with Gasteiger partial charge in [-0.15, -0.1) is 0 Å². The van der Waals surface area contributed by atoms with Crippen LogP contribution in [0.25, 0.3) is 0 Å². The van der Waals surface area contributed by atoms with Crippen LogP contribution in [0.1, 0.15) is 11.1 Å². The van der Waals surface area contributed by atoms with Crippen molar-refractivity contribution in [2.45, 2.75) is 9.79 Å². The van der Waals surface area contributed by atoms with Gasteiger partial charge in [0.05, 0.1) is 4.90 Å². The van der Waals surface area contributed by atoms with Crippen LogP contribution in [0.3, 0.4) is 0 Å². The Balaban J connectivity index is 2.33. The van der Waals surface area contributed by atoms with Crippen molar-refractivity contribution in [3.05, 3.63) is 59.2 Å². The first-order valence-electron chi connectivity index (χ1n) is 6.21. The van der Waals surface area contributed by atoms with Gasteiger partial charge in [-0.2, -0.15) is 5.26 Å². The molecule has 25 heavy (non-hydrogen) atoms. The first-order valence-corrected chi connectivity index (χ1v) is 8.98. The Kier molecular flexibility index (Phi) is 4.27. The van der Waals surface area contributed by atoms with Crippen molar-refractivity contribution >= 4 is 22.0 Å². The number of thioether (sulfide) groups is 1. The average Bonchev–Trinajstić information content (AvgIpc) is 2.47. The summed E-state index contributed by atoms with van der Waals surface area (Å²) in [6, 6.07) is 3.54. The minimum Gasteiger partial charge on any atom is -0.206 e. The molecule has 0 unspecified atom stereocenters. The smallest absolute Gasteiger partial charge is 0.206 e. The lowest BCUT2D eigenvalue weighted by Crippen LogP contribution is -2.05. The molecule has 0 bridgehead atoms. The highest BCUT2D eigenvalue weighted by Crippen LogP contribution is 3.02. The molecule has 0 aliphatic carbocycles. The lowest BCUT2D eigenvalue weighted by Gasteiger charge is -2.40. The van der Waals surface area contributed by atoms with Crippen LogP contribution in [0.15, 0.2) is 46.2 Å². The van der Waals surface area contributed by atoms with E-state index in [1.54, 1.807) is 0 Å². The third-order valence-electron chi connectivity index (χ3n) is 2.80. The van der Waals surface area contributed by atoms with Crippen LogP contribution < -0.4 is 0 Å². The number of hydrogen-bond donors (Lipinski definition) is 0. The van der Waals surface area contributed by atoms with Crippen LogP contribution in [0, 0.1) is 34.1 Å². The maximum Gasteiger partial charge on any atom is 0.310 e. The summed E-state index contributed by atoms with van der Waals surface area (Å²) in [5.41, 5.74) is -0.184. The van der Waals surface area contributed by atoms with Gasteiger partial charge in [-0.25, -0.2) is 8.78 Å². The van der Waals surface area contributed by atoms with Crippen LogP contribution in [-0.4, -0.2) is 0 Å². The molecule has 0 saturated heterocycles. The summed E-state index contributed by atoms with van der Waals surface area (Å²) in [4.78, 5) is -2.56. The summed E-state index contributed by atoms with van der Waals surface area (Å²) in [5, 5.41) is 9.94. The molecular weight excluding hydrogens is 391 g/mol. The van der Waals surface area contributed by atoms with Gasteiger partial charge in [0.1, 0.15) is 21.9 Å². The van der Waals surface area contributed by atoms with Gasteiger partial charge in [-0.1, -0.05) is 31.3 Å². The molecule has 0 aromatic heterocycles. The molecular formula is C15H6F7NS2. The number of benzene rings is 2. The SMILES string of the molecule is N#CSc1c(F)cc(C#Cc2ccc(S(F)(F)(F)(F)F)cc2)cc1F. The standard InChI is InChI=1S/C15H6F7NS2/c16-13-7-11(8-14(17)15(13)24-9-23)2-1-10-3-5-12(6-4-10)25(18,19,20,21)22/h3-8H. The third-order valence-corrected chi connectivity index (χ3v) is 4.65. The second-order valence-corrected chi connectivity index (χ2v) is 7.91. The zero-order chi connectivity index (χ0) is 18.9. The van der Waals surface area contributed by atoms with Crippen molar-refractivity contribution in [1.82, 2.24) is 0 Å². The summed E-state index contributed by atoms with van der Waals surface area (Å²) in [6.07, 6.45) is 0. The largest absolute Gasteiger partial charge is 0.310 e. The highest BCUT2D eigenvalue weighted by Gasteiger charge is 2.65. The fourth-order valence-electron chi connectivity index (χ4n) is 1.71. The predicted molar refractivity (Wildman–Crippen MR) is 81.6 cm³/mol. The lowest BCUT2D eigenvalue weighted by molar-refractivity contribution is 0.364. The summed E-state index contributed by atoms with van der Waals surface area (Å²) < 4.78 is 90.1. The molecule has 0 aliphatic heterocycles. The average molecular weight is 397 g/mol. The summed E-state index contributed by atoms with van der Waals surface area (Å²) in [5.74, 6) is 2.58. The summed E-state index contributed by atoms with van der Waals surface area (Å²) >= 11 is 0.288. The first kappa shape index (κ1) is 19.0. The maximum atomic E-state index is 13.6. The van der Waals surface area contributed by atoms with E-state index in [4.69, 9.17) is 5.26 Å². The molecule has 0 amide bonds. The molecule has 2 rings (SSSR count). The van der Waals surface area contributed by atoms with E-state index in [0.717, 1.165) is 24.3 Å². The second-order valence-electron chi connectivity index (χ2n) is 4.71. The Labute approximate surface area is 142 Å². The van der Waals surface area contributed by atoms with E-state index in [1.165, 1.54) is 5.40 Å². The van der Waals surface area contributed by atoms with Crippen LogP contribution >= 0.6 is 22.0 Å². The fraction of sp³-hybridized carbons (Fsp3) is 0. The Morgan fingerprint density at radius 1 is 0.800 bits per heavy atom. The van der Waals surface area contributed by atoms with Crippen LogP contribution in [0.5, 0.6) is 0 Å². The highest BCUT2D eigenvalue weighted by molar-refractivity contribution is 8.45. The zero-order valence-electron chi connectivity index (χ0n) is 11.9. The van der Waals surface area contributed by atoms with Crippen molar-refractivity contribution in [3.63, 3.8) is 0 Å². The van der Waals surface area contributed by atoms with Crippen LogP contribution in [0.2, 0.25) is 0 Å². The molecule has 0 radical (unpaired) electrons. The van der Waals surface area contributed by atoms with E-state index >= 15 is 0 Å². The van der Waals surface area contributed by atoms with Crippen molar-refractivity contribution in [3.8, 4) is 17.2 Å². The molecule has 0 fully saturated rings. The van der Waals surface area contributed by atoms with Gasteiger partial charge in [0, 0.05) is 11.1 Å². The van der Waals surface area contributed by atoms with Crippen molar-refractivity contribution in [2.24, 2.45) is 0 Å². The molecule has 0 N–H and O–H groups in total. The lowest BCUT2D eigenvalue weighted by atomic mass is 10.2. The molecule has 0 heterocycles. The van der Waals surface area contributed by atoms with E-state index in [1.807, 2.05) is 0 Å². The molecule has 1 nitrogen and oxygen atoms in total. The molecule has 0 atom stereocenters. The minimum atomic E-state index is -9.75. The third kappa shape index (κ3) is 4.84. The minimum absolute atomic E-state index is 0.0538. The zero-order valence-corrected chi connectivity index (χ0v) is 13.5. The normalized spacial score (nSPS) is 13.8. The number of nitriles is 1. The van der Waals surface area contributed by atoms with Gasteiger partial charge in [-0.05, 0) is 48.2 Å². The molecule has 2 aromatic rings. The molecule has 10 heteroatoms. The van der Waals surface area contributed by atoms with Gasteiger partial charge in [0.15, 0.2) is 0 Å². The Bertz CT molecular complexity index is 910. The van der Waals surface area contributed by atoms with Crippen LogP contribution in [0.4, 0.5) is 28.2 Å². The highest BCUT2D eigenvalue weighted by atomic mass is 32.5. The van der Waals surface area contributed by atoms with Gasteiger partial charge < -0.3 is 0 Å². The van der Waals surface area contributed by atoms with E-state index in [0.29, 0.717) is 0 Å². The van der Waals surface area contributed by atoms with Gasteiger partial charge in [-0.3, -0.25) is 0 Å². The summed E-state index contributed by atoms with van der Waals surface area (Å²) in [6.45, 7) is 0. The second kappa shape index (κ2) is 5.61. The summed E-state index contributed by atoms with van der Waals surface area (Å²) in [7, 11) is -9.75. The number of rotatable bonds is 2. The van der Waals surface area contributed by atoms with E-state index in [2.05, 4.69) is 11.8 Å². The number of thiocyanates is 1. The quantitative estimate of drug-likeness (QED) is 0.247. The molecule has 0 saturated carbocycles. The Morgan fingerprint density at radius 3 is 1.72 bits per heavy atom. The van der Waals surface area contributed by atoms with E-state index < -0.39 is 31.6 Å². The molecule has 0 spiro atoms. The van der Waals surface area contributed by atoms with Gasteiger partial charge in [0.25, 0.3) is 0 Å². The Morgan fingerprint density at radius 2 is 1.28 bits per heavy atom. The van der Waals surface area contributed by atoms with Crippen molar-refractivity contribution < 1.29 is 28.2 Å². The van der Waals surface area contributed by atoms with E-state index in [9.17, 15) is 28.2 Å². The molecule has 2 aromatic carbocycles. The first-order chi connectivity index (χ1) is 11.3. The maximum absolute atomic E-state index is 13.6. The van der Waals surface area contributed by atoms with Crippen molar-refractivity contribution in [2.75, 3.05) is 0 Å². The molecule has 0 aliphatic rings. The van der Waals surface area contributed by atoms with Crippen molar-refractivity contribution in [1.29, 1.82) is 5.26 Å². The monoisotopic (exact) mass is 397 g/mol. The number of hydrogen-bond acceptors (Lipinski definition) is 2. The topological polar surface area (TPSA) is 23.8 Å². The van der Waals surface area contributed by atoms with Crippen LogP contribution in [-0.2, 0) is 0 Å².